The highest BCUT2D eigenvalue weighted by molar-refractivity contribution is 6.05. The van der Waals surface area contributed by atoms with Gasteiger partial charge in [-0.15, -0.1) is 0 Å². The molecular formula is C18H14F3N3O2. The summed E-state index contributed by atoms with van der Waals surface area (Å²) >= 11 is 0. The number of alkyl halides is 3. The van der Waals surface area contributed by atoms with Gasteiger partial charge in [-0.25, -0.2) is 4.68 Å². The summed E-state index contributed by atoms with van der Waals surface area (Å²) in [6, 6.07) is 12.2. The molecule has 0 aliphatic rings. The molecule has 5 nitrogen and oxygen atoms in total. The van der Waals surface area contributed by atoms with Gasteiger partial charge in [0.2, 0.25) is 0 Å². The van der Waals surface area contributed by atoms with Gasteiger partial charge in [0.15, 0.2) is 5.69 Å². The summed E-state index contributed by atoms with van der Waals surface area (Å²) in [5.74, 6) is -1.26. The van der Waals surface area contributed by atoms with Gasteiger partial charge in [0.1, 0.15) is 5.75 Å². The zero-order chi connectivity index (χ0) is 18.9. The topological polar surface area (TPSA) is 67.2 Å². The van der Waals surface area contributed by atoms with Crippen LogP contribution in [0.15, 0.2) is 54.7 Å². The molecule has 0 atom stereocenters. The summed E-state index contributed by atoms with van der Waals surface area (Å²) in [6.07, 6.45) is -3.94. The van der Waals surface area contributed by atoms with Gasteiger partial charge in [0.05, 0.1) is 23.1 Å². The minimum Gasteiger partial charge on any atom is -0.506 e. The van der Waals surface area contributed by atoms with Crippen LogP contribution in [0.4, 0.5) is 18.9 Å². The van der Waals surface area contributed by atoms with Gasteiger partial charge >= 0.3 is 6.18 Å². The van der Waals surface area contributed by atoms with Crippen molar-refractivity contribution in [1.29, 1.82) is 0 Å². The number of benzene rings is 2. The van der Waals surface area contributed by atoms with Gasteiger partial charge in [-0.1, -0.05) is 30.3 Å². The van der Waals surface area contributed by atoms with Crippen LogP contribution in [0.3, 0.4) is 0 Å². The molecule has 2 N–H and O–H groups in total. The molecule has 2 aromatic carbocycles. The average molecular weight is 361 g/mol. The molecule has 0 aliphatic carbocycles. The van der Waals surface area contributed by atoms with Crippen molar-refractivity contribution in [2.45, 2.75) is 13.1 Å². The molecule has 134 valence electrons. The van der Waals surface area contributed by atoms with E-state index in [0.717, 1.165) is 6.20 Å². The molecule has 0 saturated carbocycles. The van der Waals surface area contributed by atoms with Crippen LogP contribution in [0.2, 0.25) is 0 Å². The molecule has 0 saturated heterocycles. The predicted octanol–water partition coefficient (Wildman–Crippen LogP) is 4.16. The lowest BCUT2D eigenvalue weighted by Gasteiger charge is -2.14. The zero-order valence-electron chi connectivity index (χ0n) is 13.6. The fourth-order valence-electron chi connectivity index (χ4n) is 2.54. The van der Waals surface area contributed by atoms with Gasteiger partial charge in [-0.05, 0) is 30.7 Å². The van der Waals surface area contributed by atoms with E-state index in [-0.39, 0.29) is 17.1 Å². The number of aromatic nitrogens is 2. The summed E-state index contributed by atoms with van der Waals surface area (Å²) in [5, 5.41) is 15.7. The number of hydrogen-bond acceptors (Lipinski definition) is 3. The van der Waals surface area contributed by atoms with E-state index in [4.69, 9.17) is 0 Å². The summed E-state index contributed by atoms with van der Waals surface area (Å²) in [6.45, 7) is 1.65. The van der Waals surface area contributed by atoms with Crippen LogP contribution in [0.1, 0.15) is 21.6 Å². The summed E-state index contributed by atoms with van der Waals surface area (Å²) in [5.41, 5.74) is -1.01. The maximum absolute atomic E-state index is 13.6. The van der Waals surface area contributed by atoms with Crippen LogP contribution in [-0.2, 0) is 6.18 Å². The largest absolute Gasteiger partial charge is 0.506 e. The van der Waals surface area contributed by atoms with Crippen molar-refractivity contribution in [2.24, 2.45) is 0 Å². The lowest BCUT2D eigenvalue weighted by Crippen LogP contribution is -2.21. The van der Waals surface area contributed by atoms with Gasteiger partial charge in [0, 0.05) is 0 Å². The number of nitrogens with one attached hydrogen (secondary N) is 1. The van der Waals surface area contributed by atoms with Gasteiger partial charge in [-0.3, -0.25) is 4.79 Å². The highest BCUT2D eigenvalue weighted by Crippen LogP contribution is 2.35. The van der Waals surface area contributed by atoms with Gasteiger partial charge in [0.25, 0.3) is 5.91 Å². The Kier molecular flexibility index (Phi) is 4.41. The third kappa shape index (κ3) is 3.26. The van der Waals surface area contributed by atoms with Crippen molar-refractivity contribution in [3.05, 3.63) is 71.5 Å². The molecular weight excluding hydrogens is 347 g/mol. The molecule has 0 bridgehead atoms. The van der Waals surface area contributed by atoms with Gasteiger partial charge < -0.3 is 10.4 Å². The van der Waals surface area contributed by atoms with E-state index in [2.05, 4.69) is 10.4 Å². The number of carbonyl (C=O) groups excluding carboxylic acids is 1. The molecule has 0 spiro atoms. The Morgan fingerprint density at radius 1 is 1.12 bits per heavy atom. The highest BCUT2D eigenvalue weighted by Gasteiger charge is 2.40. The monoisotopic (exact) mass is 361 g/mol. The molecule has 1 heterocycles. The van der Waals surface area contributed by atoms with E-state index in [1.54, 1.807) is 25.1 Å². The standard InChI is InChI=1S/C18H14F3N3O2/c1-11-6-2-4-8-14(11)24-16(18(19,20)21)12(10-22-24)17(26)23-13-7-3-5-9-15(13)25/h2-10,25H,1H3,(H,23,26). The maximum Gasteiger partial charge on any atom is 0.434 e. The number of rotatable bonds is 3. The van der Waals surface area contributed by atoms with E-state index in [1.807, 2.05) is 0 Å². The number of phenolic OH excluding ortho intramolecular Hbond substituents is 1. The highest BCUT2D eigenvalue weighted by atomic mass is 19.4. The lowest BCUT2D eigenvalue weighted by atomic mass is 10.1. The van der Waals surface area contributed by atoms with Crippen molar-refractivity contribution >= 4 is 11.6 Å². The number of halogens is 3. The first-order chi connectivity index (χ1) is 12.3. The Morgan fingerprint density at radius 3 is 2.42 bits per heavy atom. The molecule has 3 rings (SSSR count). The SMILES string of the molecule is Cc1ccccc1-n1ncc(C(=O)Nc2ccccc2O)c1C(F)(F)F. The number of aromatic hydroxyl groups is 1. The number of anilines is 1. The third-order valence-electron chi connectivity index (χ3n) is 3.78. The normalized spacial score (nSPS) is 11.4. The van der Waals surface area contributed by atoms with Crippen LogP contribution in [-0.4, -0.2) is 20.8 Å². The van der Waals surface area contributed by atoms with Crippen LogP contribution in [0, 0.1) is 6.92 Å². The van der Waals surface area contributed by atoms with E-state index in [9.17, 15) is 23.1 Å². The number of amides is 1. The number of carbonyl (C=O) groups is 1. The van der Waals surface area contributed by atoms with E-state index < -0.39 is 23.3 Å². The second-order valence-electron chi connectivity index (χ2n) is 5.57. The maximum atomic E-state index is 13.6. The zero-order valence-corrected chi connectivity index (χ0v) is 13.6. The second-order valence-corrected chi connectivity index (χ2v) is 5.57. The van der Waals surface area contributed by atoms with Crippen LogP contribution < -0.4 is 5.32 Å². The Morgan fingerprint density at radius 2 is 1.77 bits per heavy atom. The number of phenols is 1. The van der Waals surface area contributed by atoms with Crippen LogP contribution >= 0.6 is 0 Å². The molecule has 1 aromatic heterocycles. The fraction of sp³-hybridized carbons (Fsp3) is 0.111. The smallest absolute Gasteiger partial charge is 0.434 e. The number of nitrogens with zero attached hydrogens (tertiary/aromatic N) is 2. The quantitative estimate of drug-likeness (QED) is 0.689. The van der Waals surface area contributed by atoms with Crippen molar-refractivity contribution in [1.82, 2.24) is 9.78 Å². The Labute approximate surface area is 146 Å². The second kappa shape index (κ2) is 6.55. The summed E-state index contributed by atoms with van der Waals surface area (Å²) in [4.78, 5) is 12.4. The van der Waals surface area contributed by atoms with E-state index in [1.165, 1.54) is 30.3 Å². The van der Waals surface area contributed by atoms with Crippen molar-refractivity contribution in [2.75, 3.05) is 5.32 Å². The molecule has 0 fully saturated rings. The van der Waals surface area contributed by atoms with Crippen molar-refractivity contribution in [3.8, 4) is 11.4 Å². The number of para-hydroxylation sites is 3. The first kappa shape index (κ1) is 17.5. The molecule has 8 heteroatoms. The average Bonchev–Trinajstić information content (AvgIpc) is 3.02. The molecule has 3 aromatic rings. The minimum absolute atomic E-state index is 0.00858. The Balaban J connectivity index is 2.07. The fourth-order valence-corrected chi connectivity index (χ4v) is 2.54. The number of hydrogen-bond donors (Lipinski definition) is 2. The number of aryl methyl sites for hydroxylation is 1. The lowest BCUT2D eigenvalue weighted by molar-refractivity contribution is -0.143. The molecule has 0 unspecified atom stereocenters. The van der Waals surface area contributed by atoms with Crippen LogP contribution in [0.25, 0.3) is 5.69 Å². The van der Waals surface area contributed by atoms with E-state index >= 15 is 0 Å². The summed E-state index contributed by atoms with van der Waals surface area (Å²) in [7, 11) is 0. The molecule has 0 aliphatic heterocycles. The van der Waals surface area contributed by atoms with Crippen molar-refractivity contribution in [3.63, 3.8) is 0 Å². The molecule has 0 radical (unpaired) electrons. The summed E-state index contributed by atoms with van der Waals surface area (Å²) < 4.78 is 41.6. The Bertz CT molecular complexity index is 964. The minimum atomic E-state index is -4.80. The predicted molar refractivity (Wildman–Crippen MR) is 89.4 cm³/mol. The first-order valence-electron chi connectivity index (χ1n) is 7.59. The van der Waals surface area contributed by atoms with Crippen molar-refractivity contribution < 1.29 is 23.1 Å². The van der Waals surface area contributed by atoms with E-state index in [0.29, 0.717) is 10.2 Å². The Hall–Kier alpha value is -3.29. The molecule has 26 heavy (non-hydrogen) atoms. The molecule has 1 amide bonds. The third-order valence-corrected chi connectivity index (χ3v) is 3.78. The first-order valence-corrected chi connectivity index (χ1v) is 7.59. The van der Waals surface area contributed by atoms with Crippen LogP contribution in [0.5, 0.6) is 5.75 Å². The van der Waals surface area contributed by atoms with Gasteiger partial charge in [-0.2, -0.15) is 18.3 Å².